The predicted molar refractivity (Wildman–Crippen MR) is 94.8 cm³/mol. The van der Waals surface area contributed by atoms with Crippen LogP contribution in [-0.2, 0) is 27.4 Å². The number of carboxylic acid groups (broad SMARTS) is 1. The minimum atomic E-state index is -0.718. The summed E-state index contributed by atoms with van der Waals surface area (Å²) in [6, 6.07) is 6.06. The fourth-order valence-corrected chi connectivity index (χ4v) is 3.60. The van der Waals surface area contributed by atoms with Gasteiger partial charge in [0.15, 0.2) is 0 Å². The van der Waals surface area contributed by atoms with E-state index in [2.05, 4.69) is 11.0 Å². The Labute approximate surface area is 149 Å². The maximum atomic E-state index is 11.9. The summed E-state index contributed by atoms with van der Waals surface area (Å²) in [6.45, 7) is 3.15. The largest absolute Gasteiger partial charge is 0.496 e. The smallest absolute Gasteiger partial charge is 0.311 e. The number of carboxylic acids is 1. The van der Waals surface area contributed by atoms with Crippen LogP contribution in [0.4, 0.5) is 0 Å². The third-order valence-corrected chi connectivity index (χ3v) is 4.95. The minimum Gasteiger partial charge on any atom is -0.496 e. The van der Waals surface area contributed by atoms with E-state index in [0.717, 1.165) is 36.4 Å². The molecule has 1 heterocycles. The van der Waals surface area contributed by atoms with E-state index in [1.165, 1.54) is 0 Å². The van der Waals surface area contributed by atoms with Crippen molar-refractivity contribution in [1.82, 2.24) is 4.90 Å². The number of hydrogen-bond donors (Lipinski definition) is 1. The first-order chi connectivity index (χ1) is 12.0. The quantitative estimate of drug-likeness (QED) is 0.737. The molecule has 1 aliphatic heterocycles. The van der Waals surface area contributed by atoms with Gasteiger partial charge in [-0.05, 0) is 43.5 Å². The fourth-order valence-electron chi connectivity index (χ4n) is 3.60. The molecule has 1 saturated heterocycles. The summed E-state index contributed by atoms with van der Waals surface area (Å²) in [5, 5.41) is 9.77. The molecular weight excluding hydrogens is 322 g/mol. The molecule has 2 rings (SSSR count). The van der Waals surface area contributed by atoms with Crippen molar-refractivity contribution in [2.24, 2.45) is 5.41 Å². The summed E-state index contributed by atoms with van der Waals surface area (Å²) >= 11 is 0. The van der Waals surface area contributed by atoms with Gasteiger partial charge in [0, 0.05) is 39.5 Å². The number of piperidine rings is 1. The van der Waals surface area contributed by atoms with Gasteiger partial charge in [-0.15, -0.1) is 0 Å². The number of benzene rings is 1. The summed E-state index contributed by atoms with van der Waals surface area (Å²) < 4.78 is 15.7. The zero-order valence-electron chi connectivity index (χ0n) is 15.4. The topological polar surface area (TPSA) is 68.2 Å². The second-order valence-corrected chi connectivity index (χ2v) is 6.72. The highest BCUT2D eigenvalue weighted by Gasteiger charge is 2.41. The van der Waals surface area contributed by atoms with Gasteiger partial charge in [0.1, 0.15) is 5.75 Å². The summed E-state index contributed by atoms with van der Waals surface area (Å²) in [6.07, 6.45) is 2.14. The van der Waals surface area contributed by atoms with Crippen molar-refractivity contribution in [3.8, 4) is 5.75 Å². The Bertz CT molecular complexity index is 577. The summed E-state index contributed by atoms with van der Waals surface area (Å²) in [5.74, 6) is 0.0910. The highest BCUT2D eigenvalue weighted by Crippen LogP contribution is 2.35. The standard InChI is InChI=1S/C19H29NO5/c1-23-10-8-19(18(21)22)7-4-9-20(14-19)12-15-5-6-17(25-3)16(11-15)13-24-2/h5-6,11H,4,7-10,12-14H2,1-3H3,(H,21,22)/t19-/m1/s1. The molecule has 1 aromatic carbocycles. The molecule has 1 atom stereocenters. The Morgan fingerprint density at radius 2 is 2.08 bits per heavy atom. The Morgan fingerprint density at radius 1 is 1.28 bits per heavy atom. The van der Waals surface area contributed by atoms with E-state index in [0.29, 0.717) is 32.6 Å². The first kappa shape index (κ1) is 19.7. The molecule has 1 aliphatic rings. The zero-order chi connectivity index (χ0) is 18.3. The van der Waals surface area contributed by atoms with Gasteiger partial charge in [-0.25, -0.2) is 0 Å². The lowest BCUT2D eigenvalue weighted by atomic mass is 9.77. The van der Waals surface area contributed by atoms with Crippen LogP contribution in [0.5, 0.6) is 5.75 Å². The van der Waals surface area contributed by atoms with Crippen LogP contribution in [0, 0.1) is 5.41 Å². The highest BCUT2D eigenvalue weighted by molar-refractivity contribution is 5.75. The Morgan fingerprint density at radius 3 is 2.72 bits per heavy atom. The lowest BCUT2D eigenvalue weighted by Gasteiger charge is -2.40. The predicted octanol–water partition coefficient (Wildman–Crippen LogP) is 2.54. The molecule has 0 saturated carbocycles. The Kier molecular flexibility index (Phi) is 7.23. The number of nitrogens with zero attached hydrogens (tertiary/aromatic N) is 1. The fraction of sp³-hybridized carbons (Fsp3) is 0.632. The average molecular weight is 351 g/mol. The molecule has 0 aliphatic carbocycles. The molecule has 6 heteroatoms. The van der Waals surface area contributed by atoms with Crippen molar-refractivity contribution >= 4 is 5.97 Å². The number of likely N-dealkylation sites (tertiary alicyclic amines) is 1. The van der Waals surface area contributed by atoms with Gasteiger partial charge in [-0.2, -0.15) is 0 Å². The summed E-state index contributed by atoms with van der Waals surface area (Å²) in [4.78, 5) is 14.1. The molecule has 0 unspecified atom stereocenters. The molecule has 1 aromatic rings. The molecule has 25 heavy (non-hydrogen) atoms. The van der Waals surface area contributed by atoms with E-state index < -0.39 is 11.4 Å². The lowest BCUT2D eigenvalue weighted by Crippen LogP contribution is -2.48. The molecule has 1 fully saturated rings. The van der Waals surface area contributed by atoms with Crippen molar-refractivity contribution in [3.63, 3.8) is 0 Å². The van der Waals surface area contributed by atoms with E-state index in [1.807, 2.05) is 12.1 Å². The molecule has 140 valence electrons. The van der Waals surface area contributed by atoms with Crippen LogP contribution in [0.15, 0.2) is 18.2 Å². The number of rotatable bonds is 9. The summed E-state index contributed by atoms with van der Waals surface area (Å²) in [7, 11) is 4.93. The second kappa shape index (κ2) is 9.17. The molecule has 0 amide bonds. The first-order valence-corrected chi connectivity index (χ1v) is 8.64. The van der Waals surface area contributed by atoms with Crippen molar-refractivity contribution in [1.29, 1.82) is 0 Å². The molecule has 0 radical (unpaired) electrons. The van der Waals surface area contributed by atoms with Crippen LogP contribution in [0.2, 0.25) is 0 Å². The van der Waals surface area contributed by atoms with Crippen LogP contribution in [0.25, 0.3) is 0 Å². The normalized spacial score (nSPS) is 21.2. The Balaban J connectivity index is 2.11. The molecule has 1 N–H and O–H groups in total. The van der Waals surface area contributed by atoms with E-state index in [9.17, 15) is 9.90 Å². The van der Waals surface area contributed by atoms with E-state index in [1.54, 1.807) is 21.3 Å². The lowest BCUT2D eigenvalue weighted by molar-refractivity contribution is -0.154. The van der Waals surface area contributed by atoms with E-state index in [4.69, 9.17) is 14.2 Å². The monoisotopic (exact) mass is 351 g/mol. The maximum absolute atomic E-state index is 11.9. The van der Waals surface area contributed by atoms with Crippen molar-refractivity contribution < 1.29 is 24.1 Å². The van der Waals surface area contributed by atoms with Gasteiger partial charge >= 0.3 is 5.97 Å². The molecular formula is C19H29NO5. The van der Waals surface area contributed by atoms with E-state index >= 15 is 0 Å². The van der Waals surface area contributed by atoms with Crippen molar-refractivity contribution in [3.05, 3.63) is 29.3 Å². The maximum Gasteiger partial charge on any atom is 0.311 e. The van der Waals surface area contributed by atoms with Gasteiger partial charge in [0.05, 0.1) is 19.1 Å². The van der Waals surface area contributed by atoms with Crippen LogP contribution in [-0.4, -0.2) is 57.0 Å². The van der Waals surface area contributed by atoms with Gasteiger partial charge < -0.3 is 19.3 Å². The number of ether oxygens (including phenoxy) is 3. The van der Waals surface area contributed by atoms with Gasteiger partial charge in [-0.3, -0.25) is 9.69 Å². The molecule has 0 spiro atoms. The third kappa shape index (κ3) is 4.93. The van der Waals surface area contributed by atoms with Crippen LogP contribution in [0.1, 0.15) is 30.4 Å². The number of carbonyl (C=O) groups is 1. The van der Waals surface area contributed by atoms with Gasteiger partial charge in [0.25, 0.3) is 0 Å². The zero-order valence-corrected chi connectivity index (χ0v) is 15.4. The number of methoxy groups -OCH3 is 3. The number of aliphatic carboxylic acids is 1. The highest BCUT2D eigenvalue weighted by atomic mass is 16.5. The molecule has 0 aromatic heterocycles. The van der Waals surface area contributed by atoms with Gasteiger partial charge in [0.2, 0.25) is 0 Å². The summed E-state index contributed by atoms with van der Waals surface area (Å²) in [5.41, 5.74) is 1.43. The second-order valence-electron chi connectivity index (χ2n) is 6.72. The van der Waals surface area contributed by atoms with E-state index in [-0.39, 0.29) is 0 Å². The number of hydrogen-bond acceptors (Lipinski definition) is 5. The minimum absolute atomic E-state index is 0.473. The SMILES string of the molecule is COCC[C@]1(C(=O)O)CCCN(Cc2ccc(OC)c(COC)c2)C1. The molecule has 6 nitrogen and oxygen atoms in total. The molecule has 0 bridgehead atoms. The van der Waals surface area contributed by atoms with Gasteiger partial charge in [-0.1, -0.05) is 6.07 Å². The van der Waals surface area contributed by atoms with Crippen LogP contribution < -0.4 is 4.74 Å². The first-order valence-electron chi connectivity index (χ1n) is 8.64. The third-order valence-electron chi connectivity index (χ3n) is 4.95. The average Bonchev–Trinajstić information content (AvgIpc) is 2.61. The van der Waals surface area contributed by atoms with Crippen molar-refractivity contribution in [2.45, 2.75) is 32.4 Å². The van der Waals surface area contributed by atoms with Crippen molar-refractivity contribution in [2.75, 3.05) is 41.0 Å². The van der Waals surface area contributed by atoms with Crippen LogP contribution in [0.3, 0.4) is 0 Å². The van der Waals surface area contributed by atoms with Crippen LogP contribution >= 0.6 is 0 Å². The Hall–Kier alpha value is -1.63.